The van der Waals surface area contributed by atoms with Crippen molar-refractivity contribution in [3.05, 3.63) is 100 Å². The fraction of sp³-hybridized carbons (Fsp3) is 0.185. The van der Waals surface area contributed by atoms with Crippen molar-refractivity contribution < 1.29 is 14.3 Å². The third kappa shape index (κ3) is 5.23. The van der Waals surface area contributed by atoms with Crippen molar-refractivity contribution in [2.75, 3.05) is 19.5 Å². The van der Waals surface area contributed by atoms with Crippen molar-refractivity contribution in [1.29, 1.82) is 0 Å². The van der Waals surface area contributed by atoms with Gasteiger partial charge in [0.25, 0.3) is 5.56 Å². The molecule has 0 unspecified atom stereocenters. The molecule has 4 aromatic rings. The second-order valence-corrected chi connectivity index (χ2v) is 7.75. The summed E-state index contributed by atoms with van der Waals surface area (Å²) in [4.78, 5) is 26.3. The molecule has 0 saturated heterocycles. The van der Waals surface area contributed by atoms with E-state index in [-0.39, 0.29) is 18.0 Å². The highest BCUT2D eigenvalue weighted by Crippen LogP contribution is 2.22. The number of nitrogens with zero attached hydrogens (tertiary/aromatic N) is 1. The number of ether oxygens (including phenoxy) is 2. The fourth-order valence-corrected chi connectivity index (χ4v) is 3.84. The van der Waals surface area contributed by atoms with E-state index in [9.17, 15) is 9.59 Å². The van der Waals surface area contributed by atoms with Gasteiger partial charge in [0.2, 0.25) is 5.91 Å². The lowest BCUT2D eigenvalue weighted by atomic mass is 10.0. The Morgan fingerprint density at radius 3 is 2.36 bits per heavy atom. The number of carbonyl (C=O) groups excluding carboxylic acids is 1. The second kappa shape index (κ2) is 10.0. The van der Waals surface area contributed by atoms with Crippen molar-refractivity contribution in [3.63, 3.8) is 0 Å². The molecule has 0 aliphatic carbocycles. The van der Waals surface area contributed by atoms with E-state index in [1.54, 1.807) is 44.6 Å². The maximum Gasteiger partial charge on any atom is 0.254 e. The standard InChI is InChI=1S/C27H26N2O4/c1-32-23-10-6-9-22(16-23)28-26(30)18-29-25-17-24(33-2)14-13-20(25)15-21(27(29)31)12-11-19-7-4-3-5-8-19/h3-10,13-17H,11-12,18H2,1-2H3,(H,28,30). The SMILES string of the molecule is COc1cccc(NC(=O)Cn2c(=O)c(CCc3ccccc3)cc3ccc(OC)cc32)c1. The summed E-state index contributed by atoms with van der Waals surface area (Å²) in [5.74, 6) is 0.971. The molecular weight excluding hydrogens is 416 g/mol. The van der Waals surface area contributed by atoms with Gasteiger partial charge in [0, 0.05) is 23.4 Å². The molecular formula is C27H26N2O4. The third-order valence-corrected chi connectivity index (χ3v) is 5.56. The highest BCUT2D eigenvalue weighted by atomic mass is 16.5. The Kier molecular flexibility index (Phi) is 6.74. The molecule has 33 heavy (non-hydrogen) atoms. The van der Waals surface area contributed by atoms with Gasteiger partial charge >= 0.3 is 0 Å². The molecule has 1 aromatic heterocycles. The maximum absolute atomic E-state index is 13.4. The molecule has 0 aliphatic heterocycles. The summed E-state index contributed by atoms with van der Waals surface area (Å²) in [6.45, 7) is -0.112. The van der Waals surface area contributed by atoms with Crippen molar-refractivity contribution >= 4 is 22.5 Å². The molecule has 0 radical (unpaired) electrons. The number of amides is 1. The van der Waals surface area contributed by atoms with Crippen LogP contribution < -0.4 is 20.3 Å². The van der Waals surface area contributed by atoms with Crippen LogP contribution in [0.4, 0.5) is 5.69 Å². The molecule has 3 aromatic carbocycles. The van der Waals surface area contributed by atoms with Gasteiger partial charge in [0.05, 0.1) is 19.7 Å². The van der Waals surface area contributed by atoms with Crippen LogP contribution >= 0.6 is 0 Å². The average Bonchev–Trinajstić information content (AvgIpc) is 2.85. The zero-order valence-electron chi connectivity index (χ0n) is 18.7. The summed E-state index contributed by atoms with van der Waals surface area (Å²) in [5, 5.41) is 3.74. The fourth-order valence-electron chi connectivity index (χ4n) is 3.84. The first-order valence-corrected chi connectivity index (χ1v) is 10.8. The number of nitrogens with one attached hydrogen (secondary N) is 1. The largest absolute Gasteiger partial charge is 0.497 e. The van der Waals surface area contributed by atoms with Crippen LogP contribution in [-0.4, -0.2) is 24.7 Å². The van der Waals surface area contributed by atoms with Gasteiger partial charge in [-0.2, -0.15) is 0 Å². The van der Waals surface area contributed by atoms with E-state index in [2.05, 4.69) is 5.32 Å². The van der Waals surface area contributed by atoms with Crippen molar-refractivity contribution in [2.24, 2.45) is 0 Å². The number of carbonyl (C=O) groups is 1. The highest BCUT2D eigenvalue weighted by Gasteiger charge is 2.14. The minimum Gasteiger partial charge on any atom is -0.497 e. The number of pyridine rings is 1. The predicted octanol–water partition coefficient (Wildman–Crippen LogP) is 4.44. The van der Waals surface area contributed by atoms with Crippen LogP contribution in [-0.2, 0) is 24.2 Å². The molecule has 168 valence electrons. The number of aryl methyl sites for hydroxylation is 2. The zero-order valence-corrected chi connectivity index (χ0v) is 18.7. The van der Waals surface area contributed by atoms with E-state index in [1.165, 1.54) is 4.57 Å². The molecule has 1 N–H and O–H groups in total. The Balaban J connectivity index is 1.67. The quantitative estimate of drug-likeness (QED) is 0.438. The summed E-state index contributed by atoms with van der Waals surface area (Å²) in [7, 11) is 3.15. The molecule has 1 heterocycles. The van der Waals surface area contributed by atoms with Crippen LogP contribution in [0.25, 0.3) is 10.9 Å². The van der Waals surface area contributed by atoms with Crippen LogP contribution in [0, 0.1) is 0 Å². The van der Waals surface area contributed by atoms with Crippen LogP contribution in [0.1, 0.15) is 11.1 Å². The summed E-state index contributed by atoms with van der Waals surface area (Å²) in [6.07, 6.45) is 1.33. The van der Waals surface area contributed by atoms with Crippen molar-refractivity contribution in [2.45, 2.75) is 19.4 Å². The minimum absolute atomic E-state index is 0.112. The van der Waals surface area contributed by atoms with Gasteiger partial charge < -0.3 is 14.8 Å². The molecule has 1 amide bonds. The first-order chi connectivity index (χ1) is 16.1. The first kappa shape index (κ1) is 22.1. The first-order valence-electron chi connectivity index (χ1n) is 10.8. The minimum atomic E-state index is -0.297. The third-order valence-electron chi connectivity index (χ3n) is 5.56. The van der Waals surface area contributed by atoms with Crippen LogP contribution in [0.15, 0.2) is 83.7 Å². The predicted molar refractivity (Wildman–Crippen MR) is 130 cm³/mol. The molecule has 6 nitrogen and oxygen atoms in total. The molecule has 0 spiro atoms. The highest BCUT2D eigenvalue weighted by molar-refractivity contribution is 5.92. The lowest BCUT2D eigenvalue weighted by Gasteiger charge is -2.14. The van der Waals surface area contributed by atoms with Crippen LogP contribution in [0.2, 0.25) is 0 Å². The van der Waals surface area contributed by atoms with E-state index in [4.69, 9.17) is 9.47 Å². The number of hydrogen-bond acceptors (Lipinski definition) is 4. The van der Waals surface area contributed by atoms with Gasteiger partial charge in [-0.3, -0.25) is 14.2 Å². The summed E-state index contributed by atoms with van der Waals surface area (Å²) in [6, 6.07) is 24.6. The summed E-state index contributed by atoms with van der Waals surface area (Å²) < 4.78 is 12.1. The van der Waals surface area contributed by atoms with Crippen molar-refractivity contribution in [3.8, 4) is 11.5 Å². The molecule has 4 rings (SSSR count). The number of fused-ring (bicyclic) bond motifs is 1. The van der Waals surface area contributed by atoms with Gasteiger partial charge in [-0.05, 0) is 54.1 Å². The number of anilines is 1. The van der Waals surface area contributed by atoms with E-state index < -0.39 is 0 Å². The Bertz CT molecular complexity index is 1330. The van der Waals surface area contributed by atoms with Crippen LogP contribution in [0.5, 0.6) is 11.5 Å². The molecule has 6 heteroatoms. The van der Waals surface area contributed by atoms with E-state index >= 15 is 0 Å². The monoisotopic (exact) mass is 442 g/mol. The summed E-state index contributed by atoms with van der Waals surface area (Å²) >= 11 is 0. The topological polar surface area (TPSA) is 69.6 Å². The number of hydrogen-bond donors (Lipinski definition) is 1. The lowest BCUT2D eigenvalue weighted by Crippen LogP contribution is -2.30. The zero-order chi connectivity index (χ0) is 23.2. The Hall–Kier alpha value is -4.06. The van der Waals surface area contributed by atoms with Crippen molar-refractivity contribution in [1.82, 2.24) is 4.57 Å². The maximum atomic E-state index is 13.4. The van der Waals surface area contributed by atoms with Gasteiger partial charge in [-0.1, -0.05) is 36.4 Å². The Labute approximate surface area is 192 Å². The average molecular weight is 443 g/mol. The van der Waals surface area contributed by atoms with E-state index in [1.807, 2.05) is 48.5 Å². The van der Waals surface area contributed by atoms with E-state index in [0.29, 0.717) is 34.7 Å². The van der Waals surface area contributed by atoms with Gasteiger partial charge in [-0.15, -0.1) is 0 Å². The molecule has 0 saturated carbocycles. The molecule has 0 atom stereocenters. The molecule has 0 fully saturated rings. The Morgan fingerprint density at radius 1 is 0.848 bits per heavy atom. The molecule has 0 aliphatic rings. The number of benzene rings is 3. The molecule has 0 bridgehead atoms. The lowest BCUT2D eigenvalue weighted by molar-refractivity contribution is -0.116. The second-order valence-electron chi connectivity index (χ2n) is 7.75. The smallest absolute Gasteiger partial charge is 0.254 e. The van der Waals surface area contributed by atoms with Gasteiger partial charge in [0.1, 0.15) is 18.0 Å². The van der Waals surface area contributed by atoms with E-state index in [0.717, 1.165) is 17.4 Å². The summed E-state index contributed by atoms with van der Waals surface area (Å²) in [5.41, 5.74) is 2.92. The number of methoxy groups -OCH3 is 2. The normalized spacial score (nSPS) is 10.7. The van der Waals surface area contributed by atoms with Crippen LogP contribution in [0.3, 0.4) is 0 Å². The Morgan fingerprint density at radius 2 is 1.61 bits per heavy atom. The number of aromatic nitrogens is 1. The van der Waals surface area contributed by atoms with Gasteiger partial charge in [0.15, 0.2) is 0 Å². The number of rotatable bonds is 8. The van der Waals surface area contributed by atoms with Gasteiger partial charge in [-0.25, -0.2) is 0 Å².